The van der Waals surface area contributed by atoms with Crippen LogP contribution in [0.15, 0.2) is 48.5 Å². The van der Waals surface area contributed by atoms with E-state index in [1.54, 1.807) is 30.1 Å². The summed E-state index contributed by atoms with van der Waals surface area (Å²) in [5.41, 5.74) is 2.42. The number of hydrogen-bond donors (Lipinski definition) is 2. The molecule has 6 heteroatoms. The molecule has 2 rings (SSSR count). The number of urea groups is 1. The van der Waals surface area contributed by atoms with Gasteiger partial charge in [-0.3, -0.25) is 4.79 Å². The molecule has 1 atom stereocenters. The SMILES string of the molecule is CC(=O)Nc1cccc(CNC(=O)N(C)[C@@H](C)c2ccc(F)cc2)c1. The fraction of sp³-hybridized carbons (Fsp3) is 0.263. The van der Waals surface area contributed by atoms with Crippen molar-refractivity contribution in [2.45, 2.75) is 26.4 Å². The minimum absolute atomic E-state index is 0.144. The first-order valence-corrected chi connectivity index (χ1v) is 7.99. The Morgan fingerprint density at radius 1 is 1.16 bits per heavy atom. The Balaban J connectivity index is 1.95. The highest BCUT2D eigenvalue weighted by atomic mass is 19.1. The highest BCUT2D eigenvalue weighted by Crippen LogP contribution is 2.19. The molecule has 3 amide bonds. The van der Waals surface area contributed by atoms with Gasteiger partial charge in [0.2, 0.25) is 5.91 Å². The largest absolute Gasteiger partial charge is 0.334 e. The maximum atomic E-state index is 13.0. The number of anilines is 1. The van der Waals surface area contributed by atoms with Gasteiger partial charge in [-0.05, 0) is 42.3 Å². The number of nitrogens with zero attached hydrogens (tertiary/aromatic N) is 1. The Morgan fingerprint density at radius 3 is 2.48 bits per heavy atom. The summed E-state index contributed by atoms with van der Waals surface area (Å²) in [5.74, 6) is -0.448. The van der Waals surface area contributed by atoms with Crippen LogP contribution in [0.3, 0.4) is 0 Å². The highest BCUT2D eigenvalue weighted by Gasteiger charge is 2.17. The van der Waals surface area contributed by atoms with E-state index in [0.717, 1.165) is 11.1 Å². The molecule has 0 saturated carbocycles. The molecule has 132 valence electrons. The van der Waals surface area contributed by atoms with Crippen LogP contribution in [0, 0.1) is 5.82 Å². The van der Waals surface area contributed by atoms with Crippen molar-refractivity contribution >= 4 is 17.6 Å². The first kappa shape index (κ1) is 18.4. The lowest BCUT2D eigenvalue weighted by Gasteiger charge is -2.25. The maximum Gasteiger partial charge on any atom is 0.317 e. The van der Waals surface area contributed by atoms with Crippen LogP contribution in [0.4, 0.5) is 14.9 Å². The van der Waals surface area contributed by atoms with Crippen molar-refractivity contribution in [1.29, 1.82) is 0 Å². The van der Waals surface area contributed by atoms with Crippen molar-refractivity contribution in [3.05, 3.63) is 65.5 Å². The van der Waals surface area contributed by atoms with E-state index in [1.807, 2.05) is 25.1 Å². The molecule has 0 spiro atoms. The van der Waals surface area contributed by atoms with E-state index < -0.39 is 0 Å². The van der Waals surface area contributed by atoms with Crippen LogP contribution in [-0.2, 0) is 11.3 Å². The van der Waals surface area contributed by atoms with Crippen molar-refractivity contribution in [2.75, 3.05) is 12.4 Å². The van der Waals surface area contributed by atoms with E-state index >= 15 is 0 Å². The molecule has 0 saturated heterocycles. The van der Waals surface area contributed by atoms with Gasteiger partial charge in [-0.2, -0.15) is 0 Å². The van der Waals surface area contributed by atoms with Gasteiger partial charge in [0.05, 0.1) is 6.04 Å². The van der Waals surface area contributed by atoms with Gasteiger partial charge in [0.25, 0.3) is 0 Å². The summed E-state index contributed by atoms with van der Waals surface area (Å²) in [6.45, 7) is 3.66. The van der Waals surface area contributed by atoms with Gasteiger partial charge in [-0.25, -0.2) is 9.18 Å². The van der Waals surface area contributed by atoms with E-state index in [0.29, 0.717) is 12.2 Å². The first-order chi connectivity index (χ1) is 11.9. The van der Waals surface area contributed by atoms with Crippen molar-refractivity contribution < 1.29 is 14.0 Å². The molecule has 0 aliphatic carbocycles. The summed E-state index contributed by atoms with van der Waals surface area (Å²) in [6.07, 6.45) is 0. The normalized spacial score (nSPS) is 11.5. The molecule has 0 fully saturated rings. The smallest absolute Gasteiger partial charge is 0.317 e. The minimum atomic E-state index is -0.304. The summed E-state index contributed by atoms with van der Waals surface area (Å²) < 4.78 is 13.0. The predicted octanol–water partition coefficient (Wildman–Crippen LogP) is 3.69. The van der Waals surface area contributed by atoms with Crippen LogP contribution in [0.1, 0.15) is 31.0 Å². The molecular formula is C19H22FN3O2. The maximum absolute atomic E-state index is 13.0. The van der Waals surface area contributed by atoms with Gasteiger partial charge < -0.3 is 15.5 Å². The topological polar surface area (TPSA) is 61.4 Å². The molecule has 0 unspecified atom stereocenters. The highest BCUT2D eigenvalue weighted by molar-refractivity contribution is 5.88. The third kappa shape index (κ3) is 5.31. The van der Waals surface area contributed by atoms with Crippen LogP contribution in [0.5, 0.6) is 0 Å². The molecule has 0 aliphatic heterocycles. The molecule has 0 aliphatic rings. The Labute approximate surface area is 146 Å². The van der Waals surface area contributed by atoms with Gasteiger partial charge in [-0.1, -0.05) is 24.3 Å². The van der Waals surface area contributed by atoms with E-state index in [4.69, 9.17) is 0 Å². The Hall–Kier alpha value is -2.89. The molecule has 0 aromatic heterocycles. The van der Waals surface area contributed by atoms with Crippen LogP contribution in [0.25, 0.3) is 0 Å². The van der Waals surface area contributed by atoms with Gasteiger partial charge in [0.15, 0.2) is 0 Å². The van der Waals surface area contributed by atoms with Crippen molar-refractivity contribution in [1.82, 2.24) is 10.2 Å². The van der Waals surface area contributed by atoms with Gasteiger partial charge >= 0.3 is 6.03 Å². The van der Waals surface area contributed by atoms with Crippen LogP contribution in [-0.4, -0.2) is 23.9 Å². The number of amides is 3. The molecule has 0 heterocycles. The second-order valence-electron chi connectivity index (χ2n) is 5.88. The number of benzene rings is 2. The number of rotatable bonds is 5. The van der Waals surface area contributed by atoms with E-state index in [-0.39, 0.29) is 23.8 Å². The lowest BCUT2D eigenvalue weighted by atomic mass is 10.1. The lowest BCUT2D eigenvalue weighted by molar-refractivity contribution is -0.114. The quantitative estimate of drug-likeness (QED) is 0.870. The van der Waals surface area contributed by atoms with Crippen molar-refractivity contribution in [2.24, 2.45) is 0 Å². The molecule has 0 bridgehead atoms. The van der Waals surface area contributed by atoms with Crippen LogP contribution in [0.2, 0.25) is 0 Å². The summed E-state index contributed by atoms with van der Waals surface area (Å²) in [7, 11) is 1.69. The molecule has 25 heavy (non-hydrogen) atoms. The third-order valence-corrected chi connectivity index (χ3v) is 3.94. The zero-order chi connectivity index (χ0) is 18.4. The summed E-state index contributed by atoms with van der Waals surface area (Å²) in [6, 6.07) is 13.0. The monoisotopic (exact) mass is 343 g/mol. The minimum Gasteiger partial charge on any atom is -0.334 e. The molecular weight excluding hydrogens is 321 g/mol. The van der Waals surface area contributed by atoms with Gasteiger partial charge in [0.1, 0.15) is 5.82 Å². The fourth-order valence-corrected chi connectivity index (χ4v) is 2.41. The second kappa shape index (κ2) is 8.28. The van der Waals surface area contributed by atoms with E-state index in [9.17, 15) is 14.0 Å². The number of halogens is 1. The standard InChI is InChI=1S/C19H22FN3O2/c1-13(16-7-9-17(20)10-8-16)23(3)19(25)21-12-15-5-4-6-18(11-15)22-14(2)24/h4-11,13H,12H2,1-3H3,(H,21,25)(H,22,24)/t13-/m0/s1. The molecule has 2 aromatic rings. The average molecular weight is 343 g/mol. The summed E-state index contributed by atoms with van der Waals surface area (Å²) in [5, 5.41) is 5.55. The average Bonchev–Trinajstić information content (AvgIpc) is 2.59. The zero-order valence-corrected chi connectivity index (χ0v) is 14.5. The van der Waals surface area contributed by atoms with Crippen LogP contribution >= 0.6 is 0 Å². The van der Waals surface area contributed by atoms with E-state index in [2.05, 4.69) is 10.6 Å². The Kier molecular flexibility index (Phi) is 6.11. The predicted molar refractivity (Wildman–Crippen MR) is 95.6 cm³/mol. The first-order valence-electron chi connectivity index (χ1n) is 7.99. The number of carbonyl (C=O) groups excluding carboxylic acids is 2. The number of nitrogens with one attached hydrogen (secondary N) is 2. The lowest BCUT2D eigenvalue weighted by Crippen LogP contribution is -2.38. The van der Waals surface area contributed by atoms with Crippen molar-refractivity contribution in [3.63, 3.8) is 0 Å². The summed E-state index contributed by atoms with van der Waals surface area (Å²) >= 11 is 0. The zero-order valence-electron chi connectivity index (χ0n) is 14.5. The Bertz CT molecular complexity index is 747. The molecule has 0 radical (unpaired) electrons. The fourth-order valence-electron chi connectivity index (χ4n) is 2.41. The number of hydrogen-bond acceptors (Lipinski definition) is 2. The second-order valence-corrected chi connectivity index (χ2v) is 5.88. The Morgan fingerprint density at radius 2 is 1.84 bits per heavy atom. The molecule has 2 aromatic carbocycles. The van der Waals surface area contributed by atoms with Crippen LogP contribution < -0.4 is 10.6 Å². The third-order valence-electron chi connectivity index (χ3n) is 3.94. The van der Waals surface area contributed by atoms with Crippen molar-refractivity contribution in [3.8, 4) is 0 Å². The van der Waals surface area contributed by atoms with E-state index in [1.165, 1.54) is 19.1 Å². The van der Waals surface area contributed by atoms with Gasteiger partial charge in [-0.15, -0.1) is 0 Å². The summed E-state index contributed by atoms with van der Waals surface area (Å²) in [4.78, 5) is 25.0. The number of carbonyl (C=O) groups is 2. The van der Waals surface area contributed by atoms with Gasteiger partial charge in [0, 0.05) is 26.2 Å². The molecule has 5 nitrogen and oxygen atoms in total. The molecule has 2 N–H and O–H groups in total.